The SMILES string of the molecule is CCCCOC(=O)N1CCN(c2cccnc2N)CC1. The summed E-state index contributed by atoms with van der Waals surface area (Å²) in [7, 11) is 0. The van der Waals surface area contributed by atoms with Gasteiger partial charge in [0.05, 0.1) is 12.3 Å². The molecule has 1 amide bonds. The Labute approximate surface area is 119 Å². The van der Waals surface area contributed by atoms with E-state index < -0.39 is 0 Å². The molecule has 1 aliphatic rings. The number of hydrogen-bond donors (Lipinski definition) is 1. The van der Waals surface area contributed by atoms with E-state index >= 15 is 0 Å². The molecule has 1 aromatic rings. The number of rotatable bonds is 4. The van der Waals surface area contributed by atoms with Crippen molar-refractivity contribution in [3.05, 3.63) is 18.3 Å². The molecule has 2 heterocycles. The van der Waals surface area contributed by atoms with Gasteiger partial charge in [0.1, 0.15) is 5.82 Å². The minimum absolute atomic E-state index is 0.211. The molecule has 6 heteroatoms. The number of hydrogen-bond acceptors (Lipinski definition) is 5. The maximum atomic E-state index is 11.8. The normalized spacial score (nSPS) is 15.2. The number of carbonyl (C=O) groups excluding carboxylic acids is 1. The first-order chi connectivity index (χ1) is 9.72. The van der Waals surface area contributed by atoms with Crippen molar-refractivity contribution in [3.8, 4) is 0 Å². The number of amides is 1. The lowest BCUT2D eigenvalue weighted by molar-refractivity contribution is 0.0990. The van der Waals surface area contributed by atoms with Crippen LogP contribution in [0, 0.1) is 0 Å². The second-order valence-electron chi connectivity index (χ2n) is 4.85. The Morgan fingerprint density at radius 1 is 1.40 bits per heavy atom. The molecule has 1 aromatic heterocycles. The predicted molar refractivity (Wildman–Crippen MR) is 78.7 cm³/mol. The lowest BCUT2D eigenvalue weighted by Crippen LogP contribution is -2.49. The van der Waals surface area contributed by atoms with E-state index in [0.717, 1.165) is 31.6 Å². The number of nitrogens with zero attached hydrogens (tertiary/aromatic N) is 3. The Hall–Kier alpha value is -1.98. The average molecular weight is 278 g/mol. The highest BCUT2D eigenvalue weighted by Crippen LogP contribution is 2.21. The van der Waals surface area contributed by atoms with Crippen LogP contribution in [0.2, 0.25) is 0 Å². The van der Waals surface area contributed by atoms with Crippen LogP contribution in [0.25, 0.3) is 0 Å². The van der Waals surface area contributed by atoms with Gasteiger partial charge in [0, 0.05) is 32.4 Å². The monoisotopic (exact) mass is 278 g/mol. The molecule has 0 spiro atoms. The van der Waals surface area contributed by atoms with Crippen LogP contribution in [0.4, 0.5) is 16.3 Å². The largest absolute Gasteiger partial charge is 0.449 e. The van der Waals surface area contributed by atoms with E-state index in [1.807, 2.05) is 12.1 Å². The molecule has 20 heavy (non-hydrogen) atoms. The molecule has 2 rings (SSSR count). The van der Waals surface area contributed by atoms with Crippen LogP contribution in [0.15, 0.2) is 18.3 Å². The van der Waals surface area contributed by atoms with Gasteiger partial charge in [-0.25, -0.2) is 9.78 Å². The molecule has 0 unspecified atom stereocenters. The number of nitrogens with two attached hydrogens (primary N) is 1. The van der Waals surface area contributed by atoms with Gasteiger partial charge in [-0.3, -0.25) is 0 Å². The first kappa shape index (κ1) is 14.4. The molecular weight excluding hydrogens is 256 g/mol. The van der Waals surface area contributed by atoms with Gasteiger partial charge in [0.2, 0.25) is 0 Å². The Bertz CT molecular complexity index is 445. The van der Waals surface area contributed by atoms with Gasteiger partial charge in [-0.2, -0.15) is 0 Å². The van der Waals surface area contributed by atoms with Crippen molar-refractivity contribution in [1.29, 1.82) is 0 Å². The number of aromatic nitrogens is 1. The van der Waals surface area contributed by atoms with Crippen molar-refractivity contribution in [1.82, 2.24) is 9.88 Å². The van der Waals surface area contributed by atoms with Gasteiger partial charge in [0.15, 0.2) is 0 Å². The van der Waals surface area contributed by atoms with Crippen molar-refractivity contribution in [3.63, 3.8) is 0 Å². The predicted octanol–water partition coefficient (Wildman–Crippen LogP) is 1.72. The summed E-state index contributed by atoms with van der Waals surface area (Å²) in [6.45, 7) is 5.38. The zero-order chi connectivity index (χ0) is 14.4. The van der Waals surface area contributed by atoms with Gasteiger partial charge < -0.3 is 20.3 Å². The zero-order valence-corrected chi connectivity index (χ0v) is 11.9. The average Bonchev–Trinajstić information content (AvgIpc) is 2.48. The van der Waals surface area contributed by atoms with Gasteiger partial charge in [0.25, 0.3) is 0 Å². The van der Waals surface area contributed by atoms with Crippen LogP contribution < -0.4 is 10.6 Å². The first-order valence-corrected chi connectivity index (χ1v) is 7.09. The molecule has 1 aliphatic heterocycles. The summed E-state index contributed by atoms with van der Waals surface area (Å²) < 4.78 is 5.22. The van der Waals surface area contributed by atoms with E-state index in [0.29, 0.717) is 25.5 Å². The van der Waals surface area contributed by atoms with Crippen molar-refractivity contribution >= 4 is 17.6 Å². The Balaban J connectivity index is 1.83. The van der Waals surface area contributed by atoms with Crippen LogP contribution in [-0.4, -0.2) is 48.8 Å². The van der Waals surface area contributed by atoms with Crippen molar-refractivity contribution in [2.24, 2.45) is 0 Å². The highest BCUT2D eigenvalue weighted by atomic mass is 16.6. The summed E-state index contributed by atoms with van der Waals surface area (Å²) in [5, 5.41) is 0. The van der Waals surface area contributed by atoms with Crippen LogP contribution in [-0.2, 0) is 4.74 Å². The third-order valence-electron chi connectivity index (χ3n) is 3.42. The van der Waals surface area contributed by atoms with Gasteiger partial charge in [-0.1, -0.05) is 13.3 Å². The standard InChI is InChI=1S/C14H22N4O2/c1-2-3-11-20-14(19)18-9-7-17(8-10-18)12-5-4-6-16-13(12)15/h4-6H,2-3,7-11H2,1H3,(H2,15,16). The van der Waals surface area contributed by atoms with Gasteiger partial charge >= 0.3 is 6.09 Å². The van der Waals surface area contributed by atoms with Crippen molar-refractivity contribution < 1.29 is 9.53 Å². The number of anilines is 2. The number of piperazine rings is 1. The molecule has 1 fully saturated rings. The molecule has 0 aromatic carbocycles. The smallest absolute Gasteiger partial charge is 0.409 e. The minimum Gasteiger partial charge on any atom is -0.449 e. The molecule has 6 nitrogen and oxygen atoms in total. The van der Waals surface area contributed by atoms with E-state index in [2.05, 4.69) is 16.8 Å². The summed E-state index contributed by atoms with van der Waals surface area (Å²) in [5.74, 6) is 0.534. The van der Waals surface area contributed by atoms with E-state index in [1.165, 1.54) is 0 Å². The van der Waals surface area contributed by atoms with Crippen LogP contribution >= 0.6 is 0 Å². The van der Waals surface area contributed by atoms with Crippen molar-refractivity contribution in [2.75, 3.05) is 43.4 Å². The van der Waals surface area contributed by atoms with E-state index in [1.54, 1.807) is 11.1 Å². The molecule has 1 saturated heterocycles. The van der Waals surface area contributed by atoms with Crippen molar-refractivity contribution in [2.45, 2.75) is 19.8 Å². The number of ether oxygens (including phenoxy) is 1. The first-order valence-electron chi connectivity index (χ1n) is 7.09. The molecule has 110 valence electrons. The third-order valence-corrected chi connectivity index (χ3v) is 3.42. The van der Waals surface area contributed by atoms with Gasteiger partial charge in [-0.05, 0) is 18.6 Å². The lowest BCUT2D eigenvalue weighted by Gasteiger charge is -2.35. The summed E-state index contributed by atoms with van der Waals surface area (Å²) in [4.78, 5) is 19.8. The highest BCUT2D eigenvalue weighted by Gasteiger charge is 2.23. The van der Waals surface area contributed by atoms with Crippen LogP contribution in [0.5, 0.6) is 0 Å². The van der Waals surface area contributed by atoms with Gasteiger partial charge in [-0.15, -0.1) is 0 Å². The van der Waals surface area contributed by atoms with E-state index in [4.69, 9.17) is 10.5 Å². The Morgan fingerprint density at radius 2 is 2.15 bits per heavy atom. The lowest BCUT2D eigenvalue weighted by atomic mass is 10.2. The maximum absolute atomic E-state index is 11.8. The fourth-order valence-electron chi connectivity index (χ4n) is 2.20. The third kappa shape index (κ3) is 3.53. The van der Waals surface area contributed by atoms with Crippen LogP contribution in [0.3, 0.4) is 0 Å². The summed E-state index contributed by atoms with van der Waals surface area (Å²) >= 11 is 0. The molecule has 0 radical (unpaired) electrons. The molecule has 0 atom stereocenters. The Kier molecular flexibility index (Phi) is 5.03. The van der Waals surface area contributed by atoms with E-state index in [-0.39, 0.29) is 6.09 Å². The highest BCUT2D eigenvalue weighted by molar-refractivity contribution is 5.69. The quantitative estimate of drug-likeness (QED) is 0.849. The molecule has 0 aliphatic carbocycles. The number of carbonyl (C=O) groups is 1. The number of pyridine rings is 1. The molecule has 0 saturated carbocycles. The second-order valence-corrected chi connectivity index (χ2v) is 4.85. The summed E-state index contributed by atoms with van der Waals surface area (Å²) in [5.41, 5.74) is 6.81. The molecule has 0 bridgehead atoms. The summed E-state index contributed by atoms with van der Waals surface area (Å²) in [6.07, 6.45) is 3.41. The fraction of sp³-hybridized carbons (Fsp3) is 0.571. The second kappa shape index (κ2) is 6.98. The topological polar surface area (TPSA) is 71.7 Å². The fourth-order valence-corrected chi connectivity index (χ4v) is 2.20. The summed E-state index contributed by atoms with van der Waals surface area (Å²) in [6, 6.07) is 3.83. The maximum Gasteiger partial charge on any atom is 0.409 e. The number of unbranched alkanes of at least 4 members (excludes halogenated alkanes) is 1. The molecular formula is C14H22N4O2. The Morgan fingerprint density at radius 3 is 2.80 bits per heavy atom. The zero-order valence-electron chi connectivity index (χ0n) is 11.9. The minimum atomic E-state index is -0.211. The van der Waals surface area contributed by atoms with E-state index in [9.17, 15) is 4.79 Å². The molecule has 2 N–H and O–H groups in total. The number of nitrogen functional groups attached to an aromatic ring is 1. The van der Waals surface area contributed by atoms with Crippen LogP contribution in [0.1, 0.15) is 19.8 Å².